The molecule has 12 heteroatoms. The SMILES string of the molecule is CC1CC(F)(F)CN(C(=O)c2cc(C#N)ccc2-c2ccccn2)[C@@H]1CNc1ncc(C(F)(F)F)cn1. The standard InChI is InChI=1S/C25H21F5N6O/c1-15-9-24(26,27)14-36(21(15)13-35-23-33-11-17(12-34-23)25(28,29)30)22(37)19-8-16(10-31)5-6-18(19)20-4-2-3-7-32-20/h2-8,11-12,15,21H,9,13-14H2,1H3,(H,33,34,35)/t15?,21-/m1/s1. The van der Waals surface area contributed by atoms with Crippen LogP contribution in [0.1, 0.15) is 34.8 Å². The van der Waals surface area contributed by atoms with Crippen molar-refractivity contribution >= 4 is 11.9 Å². The highest BCUT2D eigenvalue weighted by Gasteiger charge is 2.46. The number of rotatable bonds is 5. The van der Waals surface area contributed by atoms with E-state index in [1.807, 2.05) is 6.07 Å². The van der Waals surface area contributed by atoms with Crippen LogP contribution in [0.15, 0.2) is 55.0 Å². The molecule has 1 aliphatic heterocycles. The summed E-state index contributed by atoms with van der Waals surface area (Å²) in [6, 6.07) is 10.6. The Morgan fingerprint density at radius 2 is 1.92 bits per heavy atom. The molecule has 1 amide bonds. The van der Waals surface area contributed by atoms with E-state index in [1.165, 1.54) is 18.3 Å². The van der Waals surface area contributed by atoms with E-state index in [0.29, 0.717) is 23.7 Å². The summed E-state index contributed by atoms with van der Waals surface area (Å²) in [5, 5.41) is 12.1. The molecule has 7 nitrogen and oxygen atoms in total. The van der Waals surface area contributed by atoms with Gasteiger partial charge in [0.15, 0.2) is 0 Å². The quantitative estimate of drug-likeness (QED) is 0.479. The number of piperidine rings is 1. The number of likely N-dealkylation sites (tertiary alicyclic amines) is 1. The Morgan fingerprint density at radius 1 is 1.19 bits per heavy atom. The van der Waals surface area contributed by atoms with E-state index in [4.69, 9.17) is 0 Å². The van der Waals surface area contributed by atoms with E-state index in [-0.39, 0.29) is 23.6 Å². The first-order valence-electron chi connectivity index (χ1n) is 11.3. The molecule has 1 saturated heterocycles. The number of carbonyl (C=O) groups is 1. The van der Waals surface area contributed by atoms with Gasteiger partial charge in [0, 0.05) is 37.1 Å². The van der Waals surface area contributed by atoms with Crippen LogP contribution in [0, 0.1) is 17.2 Å². The third kappa shape index (κ3) is 5.82. The lowest BCUT2D eigenvalue weighted by Crippen LogP contribution is -2.57. The highest BCUT2D eigenvalue weighted by Crippen LogP contribution is 2.36. The average Bonchev–Trinajstić information content (AvgIpc) is 2.86. The number of hydrogen-bond acceptors (Lipinski definition) is 6. The van der Waals surface area contributed by atoms with Crippen molar-refractivity contribution in [3.63, 3.8) is 0 Å². The molecule has 0 spiro atoms. The zero-order valence-electron chi connectivity index (χ0n) is 19.5. The summed E-state index contributed by atoms with van der Waals surface area (Å²) in [5.41, 5.74) is -0.00465. The molecule has 2 atom stereocenters. The van der Waals surface area contributed by atoms with Gasteiger partial charge in [0.05, 0.1) is 41.0 Å². The van der Waals surface area contributed by atoms with Crippen molar-refractivity contribution < 1.29 is 26.7 Å². The molecule has 1 aromatic carbocycles. The average molecular weight is 516 g/mol. The molecule has 0 radical (unpaired) electrons. The van der Waals surface area contributed by atoms with Gasteiger partial charge in [-0.1, -0.05) is 19.1 Å². The molecule has 3 aromatic rings. The molecule has 0 aliphatic carbocycles. The molecule has 0 saturated carbocycles. The van der Waals surface area contributed by atoms with E-state index < -0.39 is 48.5 Å². The van der Waals surface area contributed by atoms with Crippen LogP contribution in [0.3, 0.4) is 0 Å². The van der Waals surface area contributed by atoms with Crippen molar-refractivity contribution in [2.24, 2.45) is 5.92 Å². The summed E-state index contributed by atoms with van der Waals surface area (Å²) >= 11 is 0. The number of anilines is 1. The summed E-state index contributed by atoms with van der Waals surface area (Å²) in [4.78, 5) is 26.3. The smallest absolute Gasteiger partial charge is 0.352 e. The van der Waals surface area contributed by atoms with Gasteiger partial charge < -0.3 is 10.2 Å². The molecule has 0 bridgehead atoms. The molecule has 37 heavy (non-hydrogen) atoms. The molecule has 2 aromatic heterocycles. The third-order valence-electron chi connectivity index (χ3n) is 6.11. The van der Waals surface area contributed by atoms with E-state index in [1.54, 1.807) is 31.2 Å². The summed E-state index contributed by atoms with van der Waals surface area (Å²) in [5.74, 6) is -4.68. The van der Waals surface area contributed by atoms with Gasteiger partial charge >= 0.3 is 6.18 Å². The highest BCUT2D eigenvalue weighted by molar-refractivity contribution is 6.01. The van der Waals surface area contributed by atoms with Gasteiger partial charge in [-0.15, -0.1) is 0 Å². The first-order valence-corrected chi connectivity index (χ1v) is 11.3. The Labute approximate surface area is 209 Å². The van der Waals surface area contributed by atoms with Crippen LogP contribution >= 0.6 is 0 Å². The summed E-state index contributed by atoms with van der Waals surface area (Å²) in [6.07, 6.45) is -2.33. The van der Waals surface area contributed by atoms with E-state index in [9.17, 15) is 32.0 Å². The molecular weight excluding hydrogens is 495 g/mol. The maximum absolute atomic E-state index is 14.6. The number of hydrogen-bond donors (Lipinski definition) is 1. The van der Waals surface area contributed by atoms with Crippen LogP contribution < -0.4 is 5.32 Å². The predicted molar refractivity (Wildman–Crippen MR) is 123 cm³/mol. The molecule has 4 rings (SSSR count). The Morgan fingerprint density at radius 3 is 2.54 bits per heavy atom. The van der Waals surface area contributed by atoms with Crippen molar-refractivity contribution in [3.8, 4) is 17.3 Å². The zero-order valence-corrected chi connectivity index (χ0v) is 19.5. The normalized spacial score (nSPS) is 19.2. The monoisotopic (exact) mass is 516 g/mol. The Hall–Kier alpha value is -4.14. The minimum Gasteiger partial charge on any atom is -0.352 e. The fourth-order valence-electron chi connectivity index (χ4n) is 4.33. The topological polar surface area (TPSA) is 94.8 Å². The second-order valence-electron chi connectivity index (χ2n) is 8.80. The number of carbonyl (C=O) groups excluding carboxylic acids is 1. The van der Waals surface area contributed by atoms with Gasteiger partial charge in [-0.3, -0.25) is 9.78 Å². The molecule has 1 N–H and O–H groups in total. The van der Waals surface area contributed by atoms with Crippen LogP contribution in [0.25, 0.3) is 11.3 Å². The van der Waals surface area contributed by atoms with Gasteiger partial charge in [0.2, 0.25) is 5.95 Å². The highest BCUT2D eigenvalue weighted by atomic mass is 19.4. The molecule has 1 aliphatic rings. The Kier molecular flexibility index (Phi) is 7.07. The maximum Gasteiger partial charge on any atom is 0.419 e. The Balaban J connectivity index is 1.65. The predicted octanol–water partition coefficient (Wildman–Crippen LogP) is 5.03. The summed E-state index contributed by atoms with van der Waals surface area (Å²) in [7, 11) is 0. The van der Waals surface area contributed by atoms with Crippen LogP contribution in [-0.2, 0) is 6.18 Å². The third-order valence-corrected chi connectivity index (χ3v) is 6.11. The number of pyridine rings is 1. The van der Waals surface area contributed by atoms with Gasteiger partial charge in [0.25, 0.3) is 11.8 Å². The Bertz CT molecular complexity index is 1310. The van der Waals surface area contributed by atoms with Gasteiger partial charge in [-0.2, -0.15) is 18.4 Å². The molecule has 192 valence electrons. The van der Waals surface area contributed by atoms with Crippen molar-refractivity contribution in [1.29, 1.82) is 5.26 Å². The summed E-state index contributed by atoms with van der Waals surface area (Å²) < 4.78 is 67.6. The second kappa shape index (κ2) is 10.1. The first kappa shape index (κ1) is 25.9. The minimum atomic E-state index is -4.60. The van der Waals surface area contributed by atoms with Gasteiger partial charge in [-0.25, -0.2) is 18.7 Å². The summed E-state index contributed by atoms with van der Waals surface area (Å²) in [6.45, 7) is 0.624. The lowest BCUT2D eigenvalue weighted by atomic mass is 9.87. The van der Waals surface area contributed by atoms with Gasteiger partial charge in [-0.05, 0) is 30.2 Å². The number of aromatic nitrogens is 3. The van der Waals surface area contributed by atoms with E-state index in [2.05, 4.69) is 20.3 Å². The van der Waals surface area contributed by atoms with Crippen LogP contribution in [0.5, 0.6) is 0 Å². The van der Waals surface area contributed by atoms with E-state index in [0.717, 1.165) is 4.90 Å². The number of amides is 1. The van der Waals surface area contributed by atoms with Crippen molar-refractivity contribution in [1.82, 2.24) is 19.9 Å². The molecular formula is C25H21F5N6O. The number of nitrogens with zero attached hydrogens (tertiary/aromatic N) is 5. The van der Waals surface area contributed by atoms with Crippen LogP contribution in [0.2, 0.25) is 0 Å². The van der Waals surface area contributed by atoms with Crippen molar-refractivity contribution in [3.05, 3.63) is 71.7 Å². The fraction of sp³-hybridized carbons (Fsp3) is 0.320. The molecule has 3 heterocycles. The zero-order chi connectivity index (χ0) is 26.8. The van der Waals surface area contributed by atoms with Crippen LogP contribution in [0.4, 0.5) is 27.9 Å². The first-order chi connectivity index (χ1) is 17.5. The van der Waals surface area contributed by atoms with Crippen molar-refractivity contribution in [2.75, 3.05) is 18.4 Å². The minimum absolute atomic E-state index is 0.0402. The van der Waals surface area contributed by atoms with Crippen molar-refractivity contribution in [2.45, 2.75) is 31.5 Å². The molecule has 1 fully saturated rings. The lowest BCUT2D eigenvalue weighted by Gasteiger charge is -2.43. The largest absolute Gasteiger partial charge is 0.419 e. The lowest BCUT2D eigenvalue weighted by molar-refractivity contribution is -0.138. The number of nitrogens with one attached hydrogen (secondary N) is 1. The van der Waals surface area contributed by atoms with E-state index >= 15 is 0 Å². The number of nitriles is 1. The second-order valence-corrected chi connectivity index (χ2v) is 8.80. The van der Waals surface area contributed by atoms with Crippen LogP contribution in [-0.4, -0.2) is 50.8 Å². The number of benzene rings is 1. The number of halogens is 5. The number of alkyl halides is 5. The van der Waals surface area contributed by atoms with Gasteiger partial charge in [0.1, 0.15) is 0 Å². The molecule has 1 unspecified atom stereocenters. The maximum atomic E-state index is 14.6. The fourth-order valence-corrected chi connectivity index (χ4v) is 4.33.